The number of methoxy groups -OCH3 is 1. The van der Waals surface area contributed by atoms with E-state index < -0.39 is 0 Å². The van der Waals surface area contributed by atoms with E-state index in [1.807, 2.05) is 0 Å². The minimum Gasteiger partial charge on any atom is -0.370 e. The molecule has 1 N–H and O–H groups in total. The number of aromatic nitrogens is 2. The summed E-state index contributed by atoms with van der Waals surface area (Å²) < 4.78 is 5.68. The second kappa shape index (κ2) is 5.22. The first kappa shape index (κ1) is 13.3. The highest BCUT2D eigenvalue weighted by molar-refractivity contribution is 5.46. The summed E-state index contributed by atoms with van der Waals surface area (Å²) in [7, 11) is 1.76. The van der Waals surface area contributed by atoms with Gasteiger partial charge >= 0.3 is 0 Å². The van der Waals surface area contributed by atoms with Gasteiger partial charge in [0.25, 0.3) is 0 Å². The first-order valence-corrected chi connectivity index (χ1v) is 6.84. The normalized spacial score (nSPS) is 17.3. The molecule has 0 aromatic carbocycles. The molecule has 1 aromatic rings. The Labute approximate surface area is 109 Å². The fourth-order valence-electron chi connectivity index (χ4n) is 2.47. The van der Waals surface area contributed by atoms with Crippen molar-refractivity contribution in [1.82, 2.24) is 9.97 Å². The van der Waals surface area contributed by atoms with Gasteiger partial charge < -0.3 is 10.1 Å². The molecule has 1 aliphatic rings. The number of aryl methyl sites for hydroxylation is 1. The van der Waals surface area contributed by atoms with Crippen LogP contribution in [-0.4, -0.2) is 23.6 Å². The van der Waals surface area contributed by atoms with Crippen molar-refractivity contribution in [2.75, 3.05) is 19.0 Å². The summed E-state index contributed by atoms with van der Waals surface area (Å²) in [4.78, 5) is 9.41. The van der Waals surface area contributed by atoms with Gasteiger partial charge in [-0.05, 0) is 39.5 Å². The molecule has 1 aromatic heterocycles. The van der Waals surface area contributed by atoms with Crippen LogP contribution in [0.2, 0.25) is 0 Å². The number of anilines is 1. The molecule has 1 heterocycles. The van der Waals surface area contributed by atoms with Gasteiger partial charge in [0, 0.05) is 24.9 Å². The predicted octanol–water partition coefficient (Wildman–Crippen LogP) is 2.80. The van der Waals surface area contributed by atoms with Crippen LogP contribution in [0.4, 0.5) is 5.82 Å². The zero-order valence-corrected chi connectivity index (χ0v) is 11.8. The van der Waals surface area contributed by atoms with Gasteiger partial charge in [0.05, 0.1) is 0 Å². The van der Waals surface area contributed by atoms with Crippen molar-refractivity contribution in [3.8, 4) is 0 Å². The maximum atomic E-state index is 5.68. The molecule has 100 valence electrons. The quantitative estimate of drug-likeness (QED) is 0.871. The third-order valence-electron chi connectivity index (χ3n) is 3.89. The van der Waals surface area contributed by atoms with Crippen molar-refractivity contribution < 1.29 is 4.74 Å². The summed E-state index contributed by atoms with van der Waals surface area (Å²) in [5.41, 5.74) is 2.05. The molecule has 0 bridgehead atoms. The molecule has 2 rings (SSSR count). The third-order valence-corrected chi connectivity index (χ3v) is 3.89. The van der Waals surface area contributed by atoms with E-state index in [9.17, 15) is 0 Å². The van der Waals surface area contributed by atoms with Gasteiger partial charge in [-0.2, -0.15) is 0 Å². The van der Waals surface area contributed by atoms with E-state index in [4.69, 9.17) is 9.72 Å². The summed E-state index contributed by atoms with van der Waals surface area (Å²) in [5.74, 6) is 1.82. The monoisotopic (exact) mass is 249 g/mol. The second-order valence-electron chi connectivity index (χ2n) is 4.90. The van der Waals surface area contributed by atoms with Gasteiger partial charge in [0.2, 0.25) is 0 Å². The van der Waals surface area contributed by atoms with Crippen molar-refractivity contribution in [3.63, 3.8) is 0 Å². The van der Waals surface area contributed by atoms with Crippen LogP contribution >= 0.6 is 0 Å². The summed E-state index contributed by atoms with van der Waals surface area (Å²) in [6.07, 6.45) is 4.19. The van der Waals surface area contributed by atoms with Gasteiger partial charge in [-0.25, -0.2) is 9.97 Å². The molecule has 0 unspecified atom stereocenters. The molecule has 1 fully saturated rings. The predicted molar refractivity (Wildman–Crippen MR) is 72.8 cm³/mol. The minimum atomic E-state index is -0.234. The van der Waals surface area contributed by atoms with Gasteiger partial charge in [0.15, 0.2) is 5.82 Å². The van der Waals surface area contributed by atoms with Crippen LogP contribution in [0, 0.1) is 6.92 Å². The largest absolute Gasteiger partial charge is 0.370 e. The number of nitrogens with zero attached hydrogens (tertiary/aromatic N) is 2. The first-order chi connectivity index (χ1) is 8.66. The Morgan fingerprint density at radius 2 is 2.00 bits per heavy atom. The molecule has 0 radical (unpaired) electrons. The fourth-order valence-corrected chi connectivity index (χ4v) is 2.47. The highest BCUT2D eigenvalue weighted by Gasteiger charge is 2.42. The van der Waals surface area contributed by atoms with E-state index >= 15 is 0 Å². The summed E-state index contributed by atoms with van der Waals surface area (Å²) in [5, 5.41) is 3.33. The van der Waals surface area contributed by atoms with Gasteiger partial charge in [0.1, 0.15) is 11.4 Å². The molecular weight excluding hydrogens is 226 g/mol. The van der Waals surface area contributed by atoms with E-state index in [2.05, 4.69) is 31.1 Å². The van der Waals surface area contributed by atoms with Gasteiger partial charge in [-0.3, -0.25) is 0 Å². The molecule has 0 atom stereocenters. The molecule has 1 saturated carbocycles. The Balaban J connectivity index is 2.44. The molecule has 18 heavy (non-hydrogen) atoms. The van der Waals surface area contributed by atoms with Gasteiger partial charge in [-0.1, -0.05) is 6.92 Å². The van der Waals surface area contributed by atoms with E-state index in [-0.39, 0.29) is 5.60 Å². The molecule has 0 aliphatic heterocycles. The van der Waals surface area contributed by atoms with Crippen LogP contribution in [0.15, 0.2) is 0 Å². The van der Waals surface area contributed by atoms with Crippen LogP contribution in [0.1, 0.15) is 50.2 Å². The SMILES string of the molecule is CCNc1nc(C2(OC)CCC2)nc(CC)c1C. The lowest BCUT2D eigenvalue weighted by atomic mass is 9.79. The van der Waals surface area contributed by atoms with E-state index in [0.717, 1.165) is 48.7 Å². The first-order valence-electron chi connectivity index (χ1n) is 6.84. The maximum Gasteiger partial charge on any atom is 0.162 e. The Morgan fingerprint density at radius 1 is 1.28 bits per heavy atom. The van der Waals surface area contributed by atoms with E-state index in [1.165, 1.54) is 6.42 Å². The van der Waals surface area contributed by atoms with Crippen molar-refractivity contribution >= 4 is 5.82 Å². The molecule has 0 saturated heterocycles. The number of hydrogen-bond donors (Lipinski definition) is 1. The molecule has 4 heteroatoms. The average molecular weight is 249 g/mol. The second-order valence-corrected chi connectivity index (χ2v) is 4.90. The fraction of sp³-hybridized carbons (Fsp3) is 0.714. The number of rotatable bonds is 5. The van der Waals surface area contributed by atoms with Crippen LogP contribution in [0.3, 0.4) is 0 Å². The molecular formula is C14H23N3O. The average Bonchev–Trinajstić information content (AvgIpc) is 2.32. The maximum absolute atomic E-state index is 5.68. The minimum absolute atomic E-state index is 0.234. The lowest BCUT2D eigenvalue weighted by molar-refractivity contribution is -0.0847. The van der Waals surface area contributed by atoms with Crippen LogP contribution in [0.5, 0.6) is 0 Å². The van der Waals surface area contributed by atoms with E-state index in [1.54, 1.807) is 7.11 Å². The number of nitrogens with one attached hydrogen (secondary N) is 1. The third kappa shape index (κ3) is 2.09. The van der Waals surface area contributed by atoms with Crippen molar-refractivity contribution in [2.24, 2.45) is 0 Å². The van der Waals surface area contributed by atoms with Gasteiger partial charge in [-0.15, -0.1) is 0 Å². The smallest absolute Gasteiger partial charge is 0.162 e. The number of hydrogen-bond acceptors (Lipinski definition) is 4. The molecule has 0 amide bonds. The Bertz CT molecular complexity index is 422. The standard InChI is InChI=1S/C14H23N3O/c1-5-11-10(3)12(15-6-2)17-13(16-11)14(18-4)8-7-9-14/h5-9H2,1-4H3,(H,15,16,17). The van der Waals surface area contributed by atoms with Crippen LogP contribution in [0.25, 0.3) is 0 Å². The molecule has 0 spiro atoms. The van der Waals surface area contributed by atoms with Crippen molar-refractivity contribution in [1.29, 1.82) is 0 Å². The number of ether oxygens (including phenoxy) is 1. The lowest BCUT2D eigenvalue weighted by Crippen LogP contribution is -2.38. The summed E-state index contributed by atoms with van der Waals surface area (Å²) >= 11 is 0. The van der Waals surface area contributed by atoms with Crippen molar-refractivity contribution in [3.05, 3.63) is 17.1 Å². The highest BCUT2D eigenvalue weighted by atomic mass is 16.5. The topological polar surface area (TPSA) is 47.0 Å². The summed E-state index contributed by atoms with van der Waals surface area (Å²) in [6.45, 7) is 7.18. The summed E-state index contributed by atoms with van der Waals surface area (Å²) in [6, 6.07) is 0. The Hall–Kier alpha value is -1.16. The Morgan fingerprint density at radius 3 is 2.44 bits per heavy atom. The van der Waals surface area contributed by atoms with Crippen LogP contribution in [-0.2, 0) is 16.8 Å². The van der Waals surface area contributed by atoms with Crippen LogP contribution < -0.4 is 5.32 Å². The molecule has 4 nitrogen and oxygen atoms in total. The molecule has 1 aliphatic carbocycles. The zero-order valence-electron chi connectivity index (χ0n) is 11.8. The van der Waals surface area contributed by atoms with E-state index in [0.29, 0.717) is 0 Å². The highest BCUT2D eigenvalue weighted by Crippen LogP contribution is 2.43. The van der Waals surface area contributed by atoms with Crippen molar-refractivity contribution in [2.45, 2.75) is 52.1 Å². The zero-order chi connectivity index (χ0) is 13.2. The Kier molecular flexibility index (Phi) is 3.85. The lowest BCUT2D eigenvalue weighted by Gasteiger charge is -2.39.